The van der Waals surface area contributed by atoms with Crippen LogP contribution in [0.1, 0.15) is 27.2 Å². The number of amides is 2. The number of hydrogen-bond acceptors (Lipinski definition) is 4. The Bertz CT molecular complexity index is 445. The van der Waals surface area contributed by atoms with Gasteiger partial charge in [0.2, 0.25) is 11.8 Å². The number of rotatable bonds is 5. The summed E-state index contributed by atoms with van der Waals surface area (Å²) in [5.74, 6) is -1.19. The normalized spacial score (nSPS) is 20.5. The van der Waals surface area contributed by atoms with Crippen molar-refractivity contribution in [2.75, 3.05) is 24.6 Å². The summed E-state index contributed by atoms with van der Waals surface area (Å²) in [6.07, 6.45) is 0.488. The Morgan fingerprint density at radius 3 is 2.63 bits per heavy atom. The van der Waals surface area contributed by atoms with Gasteiger partial charge in [0, 0.05) is 13.1 Å². The van der Waals surface area contributed by atoms with Gasteiger partial charge < -0.3 is 10.2 Å². The number of carbonyl (C=O) groups is 2. The minimum atomic E-state index is -3.40. The largest absolute Gasteiger partial charge is 0.353 e. The van der Waals surface area contributed by atoms with Gasteiger partial charge in [-0.3, -0.25) is 9.59 Å². The van der Waals surface area contributed by atoms with Gasteiger partial charge in [0.15, 0.2) is 9.84 Å². The molecule has 0 aromatic rings. The van der Waals surface area contributed by atoms with Crippen LogP contribution in [-0.4, -0.2) is 55.8 Å². The summed E-state index contributed by atoms with van der Waals surface area (Å²) < 4.78 is 23.6. The molecule has 19 heavy (non-hydrogen) atoms. The molecule has 0 aromatic carbocycles. The molecule has 0 bridgehead atoms. The average Bonchev–Trinajstić information content (AvgIpc) is 2.25. The van der Waals surface area contributed by atoms with Crippen molar-refractivity contribution in [3.8, 4) is 0 Å². The molecule has 0 spiro atoms. The van der Waals surface area contributed by atoms with Crippen LogP contribution in [0, 0.1) is 5.92 Å². The number of hydrogen-bond donors (Lipinski definition) is 1. The Labute approximate surface area is 114 Å². The second kappa shape index (κ2) is 6.36. The van der Waals surface area contributed by atoms with Gasteiger partial charge in [-0.05, 0) is 12.3 Å². The minimum absolute atomic E-state index is 0.00440. The molecule has 0 saturated carbocycles. The van der Waals surface area contributed by atoms with E-state index < -0.39 is 27.5 Å². The summed E-state index contributed by atoms with van der Waals surface area (Å²) in [4.78, 5) is 25.1. The summed E-state index contributed by atoms with van der Waals surface area (Å²) in [7, 11) is -3.40. The lowest BCUT2D eigenvalue weighted by atomic mass is 10.1. The van der Waals surface area contributed by atoms with E-state index in [1.54, 1.807) is 20.8 Å². The van der Waals surface area contributed by atoms with E-state index in [2.05, 4.69) is 5.32 Å². The van der Waals surface area contributed by atoms with Crippen molar-refractivity contribution in [2.45, 2.75) is 33.2 Å². The van der Waals surface area contributed by atoms with Crippen molar-refractivity contribution in [1.29, 1.82) is 0 Å². The molecule has 1 aliphatic rings. The molecule has 1 fully saturated rings. The predicted molar refractivity (Wildman–Crippen MR) is 72.3 cm³/mol. The van der Waals surface area contributed by atoms with Crippen LogP contribution in [0.3, 0.4) is 0 Å². The highest BCUT2D eigenvalue weighted by molar-refractivity contribution is 7.92. The summed E-state index contributed by atoms with van der Waals surface area (Å²) in [5.41, 5.74) is 0. The molecule has 110 valence electrons. The van der Waals surface area contributed by atoms with Crippen molar-refractivity contribution < 1.29 is 18.0 Å². The fourth-order valence-corrected chi connectivity index (χ4v) is 3.93. The van der Waals surface area contributed by atoms with Gasteiger partial charge in [-0.1, -0.05) is 20.8 Å². The molecule has 6 nitrogen and oxygen atoms in total. The number of sulfone groups is 1. The van der Waals surface area contributed by atoms with Crippen LogP contribution in [0.2, 0.25) is 0 Å². The molecule has 7 heteroatoms. The molecule has 1 rings (SSSR count). The Kier molecular flexibility index (Phi) is 5.34. The third kappa shape index (κ3) is 4.49. The topological polar surface area (TPSA) is 83.6 Å². The molecule has 2 amide bonds. The zero-order valence-corrected chi connectivity index (χ0v) is 12.5. The Hall–Kier alpha value is -1.11. The lowest BCUT2D eigenvalue weighted by Gasteiger charge is -2.34. The predicted octanol–water partition coefficient (Wildman–Crippen LogP) is -0.206. The highest BCUT2D eigenvalue weighted by Crippen LogP contribution is 2.11. The molecule has 1 aliphatic heterocycles. The van der Waals surface area contributed by atoms with Crippen molar-refractivity contribution in [3.63, 3.8) is 0 Å². The summed E-state index contributed by atoms with van der Waals surface area (Å²) in [6, 6.07) is -0.546. The highest BCUT2D eigenvalue weighted by Gasteiger charge is 2.33. The van der Waals surface area contributed by atoms with E-state index in [-0.39, 0.29) is 17.6 Å². The summed E-state index contributed by atoms with van der Waals surface area (Å²) in [5, 5.41) is 2.68. The Morgan fingerprint density at radius 2 is 2.11 bits per heavy atom. The zero-order chi connectivity index (χ0) is 14.6. The van der Waals surface area contributed by atoms with Gasteiger partial charge in [0.1, 0.15) is 11.8 Å². The third-order valence-electron chi connectivity index (χ3n) is 2.97. The van der Waals surface area contributed by atoms with Crippen molar-refractivity contribution in [2.24, 2.45) is 5.92 Å². The van der Waals surface area contributed by atoms with Gasteiger partial charge in [0.05, 0.1) is 5.75 Å². The van der Waals surface area contributed by atoms with Crippen LogP contribution in [-0.2, 0) is 19.4 Å². The first-order valence-corrected chi connectivity index (χ1v) is 8.36. The molecule has 0 aliphatic carbocycles. The van der Waals surface area contributed by atoms with Gasteiger partial charge >= 0.3 is 0 Å². The Morgan fingerprint density at radius 1 is 1.47 bits per heavy atom. The number of nitrogens with zero attached hydrogens (tertiary/aromatic N) is 1. The monoisotopic (exact) mass is 290 g/mol. The van der Waals surface area contributed by atoms with E-state index in [1.165, 1.54) is 4.90 Å². The van der Waals surface area contributed by atoms with Gasteiger partial charge in [-0.25, -0.2) is 8.42 Å². The maximum Gasteiger partial charge on any atom is 0.242 e. The maximum atomic E-state index is 12.1. The minimum Gasteiger partial charge on any atom is -0.353 e. The first-order valence-electron chi connectivity index (χ1n) is 6.54. The molecule has 1 unspecified atom stereocenters. The SMILES string of the molecule is CCC1C(=O)NCCN1C(=O)CS(=O)(=O)CC(C)C. The summed E-state index contributed by atoms with van der Waals surface area (Å²) in [6.45, 7) is 6.15. The maximum absolute atomic E-state index is 12.1. The fourth-order valence-electron chi connectivity index (χ4n) is 2.26. The lowest BCUT2D eigenvalue weighted by molar-refractivity contribution is -0.141. The smallest absolute Gasteiger partial charge is 0.242 e. The number of nitrogens with one attached hydrogen (secondary N) is 1. The summed E-state index contributed by atoms with van der Waals surface area (Å²) >= 11 is 0. The Balaban J connectivity index is 2.74. The fraction of sp³-hybridized carbons (Fsp3) is 0.833. The third-order valence-corrected chi connectivity index (χ3v) is 4.83. The first kappa shape index (κ1) is 15.9. The second-order valence-corrected chi connectivity index (χ2v) is 7.36. The van der Waals surface area contributed by atoms with Crippen molar-refractivity contribution in [1.82, 2.24) is 10.2 Å². The van der Waals surface area contributed by atoms with Crippen LogP contribution >= 0.6 is 0 Å². The standard InChI is InChI=1S/C12H22N2O4S/c1-4-10-12(16)13-5-6-14(10)11(15)8-19(17,18)7-9(2)3/h9-10H,4-8H2,1-3H3,(H,13,16). The molecule has 1 heterocycles. The van der Waals surface area contributed by atoms with Crippen LogP contribution in [0.4, 0.5) is 0 Å². The second-order valence-electron chi connectivity index (χ2n) is 5.25. The van der Waals surface area contributed by atoms with Crippen molar-refractivity contribution >= 4 is 21.7 Å². The molecule has 1 saturated heterocycles. The van der Waals surface area contributed by atoms with Gasteiger partial charge in [0.25, 0.3) is 0 Å². The lowest BCUT2D eigenvalue weighted by Crippen LogP contribution is -2.58. The number of piperazine rings is 1. The van der Waals surface area contributed by atoms with Crippen LogP contribution in [0.25, 0.3) is 0 Å². The van der Waals surface area contributed by atoms with E-state index in [0.717, 1.165) is 0 Å². The highest BCUT2D eigenvalue weighted by atomic mass is 32.2. The van der Waals surface area contributed by atoms with E-state index in [4.69, 9.17) is 0 Å². The molecular weight excluding hydrogens is 268 g/mol. The van der Waals surface area contributed by atoms with Crippen LogP contribution in [0.5, 0.6) is 0 Å². The average molecular weight is 290 g/mol. The number of carbonyl (C=O) groups excluding carboxylic acids is 2. The van der Waals surface area contributed by atoms with E-state index in [0.29, 0.717) is 19.5 Å². The van der Waals surface area contributed by atoms with Gasteiger partial charge in [-0.15, -0.1) is 0 Å². The van der Waals surface area contributed by atoms with Crippen LogP contribution < -0.4 is 5.32 Å². The van der Waals surface area contributed by atoms with Crippen molar-refractivity contribution in [3.05, 3.63) is 0 Å². The van der Waals surface area contributed by atoms with E-state index >= 15 is 0 Å². The van der Waals surface area contributed by atoms with E-state index in [1.807, 2.05) is 0 Å². The van der Waals surface area contributed by atoms with E-state index in [9.17, 15) is 18.0 Å². The molecule has 1 atom stereocenters. The van der Waals surface area contributed by atoms with Gasteiger partial charge in [-0.2, -0.15) is 0 Å². The van der Waals surface area contributed by atoms with Crippen LogP contribution in [0.15, 0.2) is 0 Å². The molecular formula is C12H22N2O4S. The zero-order valence-electron chi connectivity index (χ0n) is 11.7. The molecule has 1 N–H and O–H groups in total. The quantitative estimate of drug-likeness (QED) is 0.759. The molecule has 0 radical (unpaired) electrons. The molecule has 0 aromatic heterocycles. The first-order chi connectivity index (χ1) is 8.76.